The summed E-state index contributed by atoms with van der Waals surface area (Å²) < 4.78 is 0. The van der Waals surface area contributed by atoms with Gasteiger partial charge in [-0.2, -0.15) is 0 Å². The Morgan fingerprint density at radius 2 is 1.78 bits per heavy atom. The summed E-state index contributed by atoms with van der Waals surface area (Å²) in [6.07, 6.45) is 2.07. The lowest BCUT2D eigenvalue weighted by atomic mass is 10.2. The monoisotopic (exact) mass is 118 g/mol. The fourth-order valence-corrected chi connectivity index (χ4v) is 0.710. The van der Waals surface area contributed by atoms with Crippen LogP contribution in [0, 0.1) is 0 Å². The summed E-state index contributed by atoms with van der Waals surface area (Å²) in [7, 11) is 0. The van der Waals surface area contributed by atoms with Crippen molar-refractivity contribution in [3.63, 3.8) is 0 Å². The van der Waals surface area contributed by atoms with Crippen molar-refractivity contribution in [2.45, 2.75) is 6.92 Å². The second-order valence-electron chi connectivity index (χ2n) is 2.03. The summed E-state index contributed by atoms with van der Waals surface area (Å²) in [5.41, 5.74) is 0. The molecule has 0 spiro atoms. The molecule has 46 valence electrons. The number of hydrogen-bond donors (Lipinski definition) is 0. The first-order valence-electron chi connectivity index (χ1n) is 3.04. The van der Waals surface area contributed by atoms with Crippen molar-refractivity contribution < 1.29 is 0 Å². The van der Waals surface area contributed by atoms with Gasteiger partial charge >= 0.3 is 0 Å². The fraction of sp³-hybridized carbons (Fsp3) is 0.111. The summed E-state index contributed by atoms with van der Waals surface area (Å²) in [6, 6.07) is 8.13. The van der Waals surface area contributed by atoms with Crippen LogP contribution >= 0.6 is 0 Å². The largest absolute Gasteiger partial charge is 0.0918 e. The Balaban J connectivity index is 3.34. The topological polar surface area (TPSA) is 0 Å². The molecule has 0 saturated heterocycles. The standard InChI is InChI=1S/C9H10/c1-3-9-6-4-8(2)5-7-9/h3-7H,2H2,1H3. The van der Waals surface area contributed by atoms with E-state index >= 15 is 0 Å². The van der Waals surface area contributed by atoms with Crippen LogP contribution in [0.15, 0.2) is 24.3 Å². The summed E-state index contributed by atoms with van der Waals surface area (Å²) in [6.45, 7) is 5.81. The van der Waals surface area contributed by atoms with Gasteiger partial charge in [0.05, 0.1) is 0 Å². The first kappa shape index (κ1) is 6.09. The molecular weight excluding hydrogens is 108 g/mol. The highest BCUT2D eigenvalue weighted by Gasteiger charge is 1.72. The lowest BCUT2D eigenvalue weighted by Gasteiger charge is -1.81. The van der Waals surface area contributed by atoms with Gasteiger partial charge in [0.15, 0.2) is 0 Å². The van der Waals surface area contributed by atoms with Crippen molar-refractivity contribution in [3.05, 3.63) is 34.7 Å². The van der Waals surface area contributed by atoms with E-state index in [2.05, 4.69) is 24.8 Å². The van der Waals surface area contributed by atoms with Crippen LogP contribution in [0.2, 0.25) is 0 Å². The van der Waals surface area contributed by atoms with Crippen molar-refractivity contribution in [1.82, 2.24) is 0 Å². The maximum Gasteiger partial charge on any atom is -0.0299 e. The Hall–Kier alpha value is -1.04. The normalized spacial score (nSPS) is 9.00. The average Bonchev–Trinajstić information content (AvgIpc) is 1.90. The molecule has 0 aliphatic rings. The minimum Gasteiger partial charge on any atom is -0.0918 e. The van der Waals surface area contributed by atoms with E-state index in [4.69, 9.17) is 0 Å². The first-order valence-corrected chi connectivity index (χ1v) is 3.04. The van der Waals surface area contributed by atoms with Crippen LogP contribution in [-0.2, 0) is 0 Å². The summed E-state index contributed by atoms with van der Waals surface area (Å²) in [4.78, 5) is 0. The number of benzene rings is 1. The van der Waals surface area contributed by atoms with Gasteiger partial charge in [0.25, 0.3) is 0 Å². The van der Waals surface area contributed by atoms with Gasteiger partial charge in [-0.25, -0.2) is 0 Å². The molecule has 1 rings (SSSR count). The third-order valence-electron chi connectivity index (χ3n) is 1.31. The van der Waals surface area contributed by atoms with Gasteiger partial charge in [-0.15, -0.1) is 0 Å². The highest BCUT2D eigenvalue weighted by Crippen LogP contribution is 1.67. The van der Waals surface area contributed by atoms with Crippen molar-refractivity contribution in [1.29, 1.82) is 0 Å². The molecule has 0 atom stereocenters. The maximum absolute atomic E-state index is 3.78. The second kappa shape index (κ2) is 2.49. The Kier molecular flexibility index (Phi) is 1.69. The van der Waals surface area contributed by atoms with E-state index in [9.17, 15) is 0 Å². The van der Waals surface area contributed by atoms with E-state index in [1.807, 2.05) is 19.1 Å². The van der Waals surface area contributed by atoms with Gasteiger partial charge in [-0.3, -0.25) is 0 Å². The van der Waals surface area contributed by atoms with E-state index in [-0.39, 0.29) is 0 Å². The molecule has 0 fully saturated rings. The third-order valence-corrected chi connectivity index (χ3v) is 1.31. The Morgan fingerprint density at radius 1 is 1.22 bits per heavy atom. The van der Waals surface area contributed by atoms with Crippen molar-refractivity contribution in [2.24, 2.45) is 0 Å². The molecule has 0 bridgehead atoms. The smallest absolute Gasteiger partial charge is 0.0299 e. The summed E-state index contributed by atoms with van der Waals surface area (Å²) in [5, 5.41) is 2.32. The van der Waals surface area contributed by atoms with Gasteiger partial charge in [-0.1, -0.05) is 36.9 Å². The molecule has 0 heteroatoms. The molecule has 0 unspecified atom stereocenters. The van der Waals surface area contributed by atoms with E-state index in [1.165, 1.54) is 5.22 Å². The molecule has 9 heavy (non-hydrogen) atoms. The Bertz CT molecular complexity index is 260. The third kappa shape index (κ3) is 1.43. The Morgan fingerprint density at radius 3 is 2.22 bits per heavy atom. The van der Waals surface area contributed by atoms with E-state index in [1.54, 1.807) is 0 Å². The van der Waals surface area contributed by atoms with Gasteiger partial charge in [-0.05, 0) is 17.4 Å². The molecule has 0 amide bonds. The quantitative estimate of drug-likeness (QED) is 0.474. The lowest BCUT2D eigenvalue weighted by molar-refractivity contribution is 1.55. The van der Waals surface area contributed by atoms with Crippen molar-refractivity contribution in [3.8, 4) is 0 Å². The van der Waals surface area contributed by atoms with Crippen molar-refractivity contribution in [2.75, 3.05) is 0 Å². The van der Waals surface area contributed by atoms with Crippen molar-refractivity contribution >= 4 is 12.7 Å². The average molecular weight is 118 g/mol. The molecule has 0 radical (unpaired) electrons. The molecule has 0 aliphatic heterocycles. The molecular formula is C9H10. The minimum atomic E-state index is 1.07. The highest BCUT2D eigenvalue weighted by atomic mass is 13.8. The lowest BCUT2D eigenvalue weighted by Crippen LogP contribution is -2.03. The van der Waals surface area contributed by atoms with Crippen LogP contribution in [-0.4, -0.2) is 0 Å². The molecule has 0 nitrogen and oxygen atoms in total. The second-order valence-corrected chi connectivity index (χ2v) is 2.03. The van der Waals surface area contributed by atoms with E-state index < -0.39 is 0 Å². The number of hydrogen-bond acceptors (Lipinski definition) is 0. The Labute approximate surface area is 55.1 Å². The van der Waals surface area contributed by atoms with Crippen LogP contribution in [0.4, 0.5) is 0 Å². The fourth-order valence-electron chi connectivity index (χ4n) is 0.710. The van der Waals surface area contributed by atoms with Gasteiger partial charge in [0.1, 0.15) is 0 Å². The molecule has 1 aromatic rings. The minimum absolute atomic E-state index is 1.07. The van der Waals surface area contributed by atoms with E-state index in [0.29, 0.717) is 0 Å². The summed E-state index contributed by atoms with van der Waals surface area (Å²) in [5.74, 6) is 0. The van der Waals surface area contributed by atoms with Gasteiger partial charge in [0.2, 0.25) is 0 Å². The van der Waals surface area contributed by atoms with Crippen LogP contribution in [0.1, 0.15) is 6.92 Å². The SMILES string of the molecule is C=c1ccc(=CC)cc1. The van der Waals surface area contributed by atoms with Crippen LogP contribution in [0.5, 0.6) is 0 Å². The number of rotatable bonds is 0. The molecule has 0 N–H and O–H groups in total. The molecule has 0 aliphatic carbocycles. The molecule has 0 aromatic heterocycles. The molecule has 0 saturated carbocycles. The maximum atomic E-state index is 3.78. The zero-order valence-electron chi connectivity index (χ0n) is 5.59. The van der Waals surface area contributed by atoms with Gasteiger partial charge < -0.3 is 0 Å². The van der Waals surface area contributed by atoms with Gasteiger partial charge in [0, 0.05) is 0 Å². The molecule has 1 aromatic carbocycles. The zero-order chi connectivity index (χ0) is 6.69. The van der Waals surface area contributed by atoms with Crippen LogP contribution in [0.25, 0.3) is 12.7 Å². The van der Waals surface area contributed by atoms with Crippen LogP contribution in [0.3, 0.4) is 0 Å². The highest BCUT2D eigenvalue weighted by molar-refractivity contribution is 5.21. The summed E-state index contributed by atoms with van der Waals surface area (Å²) >= 11 is 0. The zero-order valence-corrected chi connectivity index (χ0v) is 5.59. The predicted octanol–water partition coefficient (Wildman–Crippen LogP) is 0.897. The van der Waals surface area contributed by atoms with E-state index in [0.717, 1.165) is 5.22 Å². The predicted molar refractivity (Wildman–Crippen MR) is 41.4 cm³/mol. The molecule has 0 heterocycles. The van der Waals surface area contributed by atoms with Crippen LogP contribution < -0.4 is 10.4 Å². The first-order chi connectivity index (χ1) is 4.33.